The number of nitrogens with zero attached hydrogens (tertiary/aromatic N) is 5. The lowest BCUT2D eigenvalue weighted by Gasteiger charge is -2.34. The molecule has 0 bridgehead atoms. The molecule has 1 atom stereocenters. The van der Waals surface area contributed by atoms with Crippen molar-refractivity contribution in [2.75, 3.05) is 32.8 Å². The lowest BCUT2D eigenvalue weighted by Crippen LogP contribution is -2.39. The summed E-state index contributed by atoms with van der Waals surface area (Å²) in [6.45, 7) is 7.17. The molecule has 0 radical (unpaired) electrons. The molecule has 0 aromatic carbocycles. The van der Waals surface area contributed by atoms with Gasteiger partial charge in [0.05, 0.1) is 35.9 Å². The van der Waals surface area contributed by atoms with Crippen molar-refractivity contribution in [1.29, 1.82) is 0 Å². The van der Waals surface area contributed by atoms with Gasteiger partial charge in [-0.25, -0.2) is 9.97 Å². The summed E-state index contributed by atoms with van der Waals surface area (Å²) in [6.07, 6.45) is 6.02. The van der Waals surface area contributed by atoms with Gasteiger partial charge in [0.2, 0.25) is 5.91 Å². The van der Waals surface area contributed by atoms with Crippen LogP contribution in [0.25, 0.3) is 0 Å². The van der Waals surface area contributed by atoms with E-state index in [1.807, 2.05) is 22.9 Å². The number of imidazole rings is 1. The fourth-order valence-corrected chi connectivity index (χ4v) is 4.56. The van der Waals surface area contributed by atoms with E-state index in [-0.39, 0.29) is 18.6 Å². The molecule has 2 aliphatic rings. The summed E-state index contributed by atoms with van der Waals surface area (Å²) in [5, 5.41) is 0. The first-order chi connectivity index (χ1) is 12.7. The molecule has 4 rings (SSSR count). The number of thiazole rings is 1. The summed E-state index contributed by atoms with van der Waals surface area (Å²) < 4.78 is 8.00. The minimum absolute atomic E-state index is 0.112. The summed E-state index contributed by atoms with van der Waals surface area (Å²) in [5.74, 6) is 0.112. The van der Waals surface area contributed by atoms with Crippen LogP contribution in [0.15, 0.2) is 18.0 Å². The van der Waals surface area contributed by atoms with Gasteiger partial charge in [-0.3, -0.25) is 9.69 Å². The van der Waals surface area contributed by atoms with Crippen molar-refractivity contribution in [2.45, 2.75) is 38.9 Å². The summed E-state index contributed by atoms with van der Waals surface area (Å²) in [4.78, 5) is 26.4. The van der Waals surface area contributed by atoms with E-state index in [4.69, 9.17) is 4.74 Å². The Morgan fingerprint density at radius 1 is 1.38 bits per heavy atom. The van der Waals surface area contributed by atoms with Crippen LogP contribution in [0.3, 0.4) is 0 Å². The van der Waals surface area contributed by atoms with Gasteiger partial charge in [-0.15, -0.1) is 11.3 Å². The van der Waals surface area contributed by atoms with E-state index in [9.17, 15) is 4.79 Å². The number of hydrogen-bond acceptors (Lipinski definition) is 6. The quantitative estimate of drug-likeness (QED) is 0.771. The molecule has 8 heteroatoms. The molecule has 2 aromatic heterocycles. The number of ether oxygens (including phenoxy) is 1. The molecule has 1 amide bonds. The van der Waals surface area contributed by atoms with Gasteiger partial charge in [-0.05, 0) is 19.8 Å². The van der Waals surface area contributed by atoms with E-state index >= 15 is 0 Å². The van der Waals surface area contributed by atoms with Crippen molar-refractivity contribution in [3.8, 4) is 0 Å². The summed E-state index contributed by atoms with van der Waals surface area (Å²) in [5.41, 5.74) is 4.21. The van der Waals surface area contributed by atoms with Crippen molar-refractivity contribution in [3.63, 3.8) is 0 Å². The van der Waals surface area contributed by atoms with Crippen LogP contribution in [0, 0.1) is 6.92 Å². The van der Waals surface area contributed by atoms with Crippen molar-refractivity contribution < 1.29 is 9.53 Å². The van der Waals surface area contributed by atoms with E-state index in [0.29, 0.717) is 6.61 Å². The van der Waals surface area contributed by atoms with Gasteiger partial charge in [-0.2, -0.15) is 0 Å². The third-order valence-electron chi connectivity index (χ3n) is 5.20. The van der Waals surface area contributed by atoms with Crippen LogP contribution in [0.4, 0.5) is 0 Å². The number of aromatic nitrogens is 3. The van der Waals surface area contributed by atoms with Gasteiger partial charge in [0, 0.05) is 43.8 Å². The Bertz CT molecular complexity index is 752. The first-order valence-corrected chi connectivity index (χ1v) is 10.1. The second-order valence-electron chi connectivity index (χ2n) is 7.08. The van der Waals surface area contributed by atoms with E-state index in [1.54, 1.807) is 11.3 Å². The van der Waals surface area contributed by atoms with Crippen LogP contribution in [0.5, 0.6) is 0 Å². The van der Waals surface area contributed by atoms with Crippen LogP contribution >= 0.6 is 11.3 Å². The Labute approximate surface area is 157 Å². The van der Waals surface area contributed by atoms with E-state index < -0.39 is 0 Å². The summed E-state index contributed by atoms with van der Waals surface area (Å²) in [7, 11) is 0. The minimum atomic E-state index is 0.112. The highest BCUT2D eigenvalue weighted by Crippen LogP contribution is 2.24. The van der Waals surface area contributed by atoms with Gasteiger partial charge in [0.1, 0.15) is 6.61 Å². The molecular formula is C18H25N5O2S. The molecule has 0 aliphatic carbocycles. The number of fused-ring (bicyclic) bond motifs is 1. The van der Waals surface area contributed by atoms with Crippen LogP contribution in [-0.4, -0.2) is 63.1 Å². The van der Waals surface area contributed by atoms with Crippen molar-refractivity contribution in [1.82, 2.24) is 24.3 Å². The van der Waals surface area contributed by atoms with Crippen LogP contribution < -0.4 is 0 Å². The zero-order valence-corrected chi connectivity index (χ0v) is 16.0. The molecule has 2 aromatic rings. The second kappa shape index (κ2) is 7.85. The number of amides is 1. The molecule has 1 saturated heterocycles. The predicted molar refractivity (Wildman–Crippen MR) is 98.9 cm³/mol. The second-order valence-corrected chi connectivity index (χ2v) is 8.02. The SMILES string of the molecule is Cc1ncsc1CN1Cc2cncn2[C@@H](COCC(=O)N2CCCC2)C1. The maximum atomic E-state index is 12.2. The Morgan fingerprint density at radius 2 is 2.23 bits per heavy atom. The largest absolute Gasteiger partial charge is 0.369 e. The lowest BCUT2D eigenvalue weighted by molar-refractivity contribution is -0.135. The smallest absolute Gasteiger partial charge is 0.248 e. The number of hydrogen-bond donors (Lipinski definition) is 0. The summed E-state index contributed by atoms with van der Waals surface area (Å²) in [6, 6.07) is 0.181. The fourth-order valence-electron chi connectivity index (χ4n) is 3.74. The molecule has 26 heavy (non-hydrogen) atoms. The minimum Gasteiger partial charge on any atom is -0.369 e. The Morgan fingerprint density at radius 3 is 3.00 bits per heavy atom. The van der Waals surface area contributed by atoms with Gasteiger partial charge in [0.15, 0.2) is 0 Å². The predicted octanol–water partition coefficient (Wildman–Crippen LogP) is 1.84. The maximum absolute atomic E-state index is 12.2. The van der Waals surface area contributed by atoms with Crippen molar-refractivity contribution in [3.05, 3.63) is 34.3 Å². The van der Waals surface area contributed by atoms with E-state index in [0.717, 1.165) is 51.3 Å². The van der Waals surface area contributed by atoms with Gasteiger partial charge < -0.3 is 14.2 Å². The number of likely N-dealkylation sites (tertiary alicyclic amines) is 1. The average Bonchev–Trinajstić information content (AvgIpc) is 3.37. The van der Waals surface area contributed by atoms with Crippen LogP contribution in [0.2, 0.25) is 0 Å². The highest BCUT2D eigenvalue weighted by atomic mass is 32.1. The Hall–Kier alpha value is -1.77. The molecule has 2 aliphatic heterocycles. The van der Waals surface area contributed by atoms with Crippen LogP contribution in [-0.2, 0) is 22.6 Å². The molecule has 0 spiro atoms. The first kappa shape index (κ1) is 17.6. The highest BCUT2D eigenvalue weighted by Gasteiger charge is 2.26. The molecule has 0 N–H and O–H groups in total. The highest BCUT2D eigenvalue weighted by molar-refractivity contribution is 7.09. The fraction of sp³-hybridized carbons (Fsp3) is 0.611. The Balaban J connectivity index is 1.35. The number of aryl methyl sites for hydroxylation is 1. The van der Waals surface area contributed by atoms with Crippen molar-refractivity contribution in [2.24, 2.45) is 0 Å². The molecule has 1 fully saturated rings. The summed E-state index contributed by atoms with van der Waals surface area (Å²) >= 11 is 1.71. The average molecular weight is 375 g/mol. The zero-order valence-electron chi connectivity index (χ0n) is 15.1. The monoisotopic (exact) mass is 375 g/mol. The lowest BCUT2D eigenvalue weighted by atomic mass is 10.2. The standard InChI is InChI=1S/C18H25N5O2S/c1-14-17(26-13-20-14)9-21-7-15-6-19-12-23(15)16(8-21)10-25-11-18(24)22-4-2-3-5-22/h6,12-13,16H,2-5,7-11H2,1H3/t16-/m1/s1. The van der Waals surface area contributed by atoms with Gasteiger partial charge >= 0.3 is 0 Å². The normalized spacial score (nSPS) is 20.5. The third kappa shape index (κ3) is 3.82. The molecule has 7 nitrogen and oxygen atoms in total. The van der Waals surface area contributed by atoms with E-state index in [2.05, 4.69) is 26.4 Å². The molecule has 140 valence electrons. The topological polar surface area (TPSA) is 63.5 Å². The van der Waals surface area contributed by atoms with Crippen molar-refractivity contribution >= 4 is 17.2 Å². The van der Waals surface area contributed by atoms with Gasteiger partial charge in [-0.1, -0.05) is 0 Å². The Kier molecular flexibility index (Phi) is 5.33. The molecule has 0 unspecified atom stereocenters. The number of rotatable bonds is 6. The first-order valence-electron chi connectivity index (χ1n) is 9.18. The number of carbonyl (C=O) groups is 1. The zero-order chi connectivity index (χ0) is 17.9. The van der Waals surface area contributed by atoms with Crippen LogP contribution in [0.1, 0.15) is 35.1 Å². The third-order valence-corrected chi connectivity index (χ3v) is 6.12. The molecular weight excluding hydrogens is 350 g/mol. The maximum Gasteiger partial charge on any atom is 0.248 e. The molecule has 4 heterocycles. The number of carbonyl (C=O) groups excluding carboxylic acids is 1. The molecule has 0 saturated carbocycles. The van der Waals surface area contributed by atoms with E-state index in [1.165, 1.54) is 10.6 Å². The van der Waals surface area contributed by atoms with Gasteiger partial charge in [0.25, 0.3) is 0 Å².